The molecule has 0 radical (unpaired) electrons. The Balaban J connectivity index is 2.45. The maximum absolute atomic E-state index is 16.2. The number of aliphatic imine (C=N–C) groups is 1. The molecule has 10 heteroatoms. The van der Waals surface area contributed by atoms with E-state index in [-0.39, 0.29) is 16.7 Å². The quantitative estimate of drug-likeness (QED) is 0.393. The average molecular weight is 523 g/mol. The summed E-state index contributed by atoms with van der Waals surface area (Å²) in [6.07, 6.45) is 0.445. The molecule has 2 aliphatic heterocycles. The van der Waals surface area contributed by atoms with Crippen LogP contribution in [-0.4, -0.2) is 71.6 Å². The number of allylic oxidation sites excluding steroid dienone is 1. The lowest BCUT2D eigenvalue weighted by Crippen LogP contribution is -2.57. The SMILES string of the molecule is CSC[C@]1(CO[Si](C)(C)C(C)(C)C)O[C@H](C2N=CC(F)=CN2)[C@H](F)[C@@H]1O[Si](C)(C)C(C)(C)C. The van der Waals surface area contributed by atoms with Gasteiger partial charge in [0.05, 0.1) is 12.8 Å². The molecule has 2 aliphatic rings. The zero-order valence-corrected chi connectivity index (χ0v) is 25.0. The third-order valence-electron chi connectivity index (χ3n) is 7.65. The molecule has 192 valence electrons. The van der Waals surface area contributed by atoms with E-state index in [1.54, 1.807) is 11.8 Å². The Labute approximate surface area is 205 Å². The smallest absolute Gasteiger partial charge is 0.192 e. The molecule has 0 spiro atoms. The van der Waals surface area contributed by atoms with E-state index in [1.165, 1.54) is 6.20 Å². The number of thioether (sulfide) groups is 1. The molecule has 1 N–H and O–H groups in total. The number of hydrogen-bond donors (Lipinski definition) is 1. The van der Waals surface area contributed by atoms with Gasteiger partial charge in [0.25, 0.3) is 0 Å². The fourth-order valence-corrected chi connectivity index (χ4v) is 6.56. The van der Waals surface area contributed by atoms with Gasteiger partial charge < -0.3 is 18.9 Å². The topological polar surface area (TPSA) is 52.1 Å². The number of ether oxygens (including phenoxy) is 1. The van der Waals surface area contributed by atoms with Gasteiger partial charge >= 0.3 is 0 Å². The molecule has 33 heavy (non-hydrogen) atoms. The van der Waals surface area contributed by atoms with Gasteiger partial charge in [0.1, 0.15) is 24.0 Å². The van der Waals surface area contributed by atoms with Crippen LogP contribution in [0.25, 0.3) is 0 Å². The molecule has 2 heterocycles. The summed E-state index contributed by atoms with van der Waals surface area (Å²) >= 11 is 1.59. The van der Waals surface area contributed by atoms with Crippen molar-refractivity contribution in [1.82, 2.24) is 5.32 Å². The highest BCUT2D eigenvalue weighted by Gasteiger charge is 2.61. The number of alkyl halides is 1. The van der Waals surface area contributed by atoms with E-state index in [4.69, 9.17) is 13.6 Å². The predicted octanol–water partition coefficient (Wildman–Crippen LogP) is 6.05. The number of halogens is 2. The molecule has 0 amide bonds. The highest BCUT2D eigenvalue weighted by molar-refractivity contribution is 7.98. The molecule has 1 unspecified atom stereocenters. The average Bonchev–Trinajstić information content (AvgIpc) is 2.92. The molecule has 0 aromatic heterocycles. The molecule has 5 atom stereocenters. The molecule has 0 aromatic rings. The molecule has 0 aliphatic carbocycles. The van der Waals surface area contributed by atoms with Crippen LogP contribution in [0.5, 0.6) is 0 Å². The Hall–Kier alpha value is -0.266. The summed E-state index contributed by atoms with van der Waals surface area (Å²) in [6, 6.07) is 0. The minimum Gasteiger partial charge on any atom is -0.414 e. The van der Waals surface area contributed by atoms with Crippen LogP contribution in [0.15, 0.2) is 17.0 Å². The van der Waals surface area contributed by atoms with E-state index in [9.17, 15) is 4.39 Å². The predicted molar refractivity (Wildman–Crippen MR) is 141 cm³/mol. The lowest BCUT2D eigenvalue weighted by molar-refractivity contribution is -0.0940. The highest BCUT2D eigenvalue weighted by atomic mass is 32.2. The zero-order chi connectivity index (χ0) is 25.5. The van der Waals surface area contributed by atoms with Crippen molar-refractivity contribution in [3.8, 4) is 0 Å². The van der Waals surface area contributed by atoms with Crippen LogP contribution in [0, 0.1) is 0 Å². The Morgan fingerprint density at radius 1 is 1.12 bits per heavy atom. The standard InChI is InChI=1S/C23H44F2N2O3SSi2/c1-21(2,3)32(8,9)28-14-23(15-31-7)19(30-33(10,11)22(4,5)6)17(25)18(29-23)20-26-12-16(24)13-27-20/h12-13,17-20,26H,14-15H2,1-11H3/t17-,18-,19-,20?,23-/m0/s1. The summed E-state index contributed by atoms with van der Waals surface area (Å²) in [4.78, 5) is 4.17. The van der Waals surface area contributed by atoms with Crippen molar-refractivity contribution < 1.29 is 22.4 Å². The van der Waals surface area contributed by atoms with E-state index < -0.39 is 52.6 Å². The summed E-state index contributed by atoms with van der Waals surface area (Å²) in [7, 11) is -4.46. The Kier molecular flexibility index (Phi) is 8.78. The fourth-order valence-electron chi connectivity index (χ4n) is 3.38. The molecule has 0 aromatic carbocycles. The summed E-state index contributed by atoms with van der Waals surface area (Å²) < 4.78 is 49.6. The number of rotatable bonds is 8. The Bertz CT molecular complexity index is 753. The van der Waals surface area contributed by atoms with Gasteiger partial charge in [0, 0.05) is 12.0 Å². The summed E-state index contributed by atoms with van der Waals surface area (Å²) in [5, 5.41) is 2.76. The van der Waals surface area contributed by atoms with Gasteiger partial charge in [0.2, 0.25) is 0 Å². The molecule has 2 rings (SSSR count). The van der Waals surface area contributed by atoms with E-state index in [1.807, 2.05) is 6.26 Å². The molecule has 1 saturated heterocycles. The molecule has 5 nitrogen and oxygen atoms in total. The summed E-state index contributed by atoms with van der Waals surface area (Å²) in [6.45, 7) is 21.8. The van der Waals surface area contributed by atoms with Gasteiger partial charge in [-0.15, -0.1) is 0 Å². The first-order chi connectivity index (χ1) is 14.9. The third-order valence-corrected chi connectivity index (χ3v) is 17.4. The lowest BCUT2D eigenvalue weighted by atomic mass is 9.97. The van der Waals surface area contributed by atoms with E-state index >= 15 is 4.39 Å². The van der Waals surface area contributed by atoms with Gasteiger partial charge in [-0.25, -0.2) is 8.78 Å². The summed E-state index contributed by atoms with van der Waals surface area (Å²) in [5.41, 5.74) is -0.967. The second-order valence-corrected chi connectivity index (χ2v) is 22.7. The van der Waals surface area contributed by atoms with Crippen molar-refractivity contribution in [2.24, 2.45) is 4.99 Å². The van der Waals surface area contributed by atoms with Crippen molar-refractivity contribution in [1.29, 1.82) is 0 Å². The van der Waals surface area contributed by atoms with Crippen LogP contribution in [0.3, 0.4) is 0 Å². The Morgan fingerprint density at radius 2 is 1.70 bits per heavy atom. The number of nitrogens with one attached hydrogen (secondary N) is 1. The van der Waals surface area contributed by atoms with Crippen LogP contribution >= 0.6 is 11.8 Å². The number of nitrogens with zero attached hydrogens (tertiary/aromatic N) is 1. The van der Waals surface area contributed by atoms with Crippen molar-refractivity contribution in [2.45, 2.75) is 108 Å². The first-order valence-corrected chi connectivity index (χ1v) is 18.9. The van der Waals surface area contributed by atoms with Crippen LogP contribution in [0.4, 0.5) is 8.78 Å². The second kappa shape index (κ2) is 10.0. The van der Waals surface area contributed by atoms with Crippen LogP contribution in [0.2, 0.25) is 36.3 Å². The normalized spacial score (nSPS) is 31.5. The second-order valence-electron chi connectivity index (χ2n) is 12.3. The van der Waals surface area contributed by atoms with Crippen molar-refractivity contribution >= 4 is 34.6 Å². The maximum Gasteiger partial charge on any atom is 0.192 e. The summed E-state index contributed by atoms with van der Waals surface area (Å²) in [5.74, 6) is 0.0312. The van der Waals surface area contributed by atoms with Crippen molar-refractivity contribution in [3.05, 3.63) is 12.0 Å². The lowest BCUT2D eigenvalue weighted by Gasteiger charge is -2.45. The fraction of sp³-hybridized carbons (Fsp3) is 0.870. The molecular formula is C23H44F2N2O3SSi2. The van der Waals surface area contributed by atoms with E-state index in [2.05, 4.69) is 78.0 Å². The van der Waals surface area contributed by atoms with Crippen LogP contribution in [-0.2, 0) is 13.6 Å². The minimum atomic E-state index is -2.34. The van der Waals surface area contributed by atoms with Crippen LogP contribution < -0.4 is 5.32 Å². The van der Waals surface area contributed by atoms with Gasteiger partial charge in [-0.3, -0.25) is 4.99 Å². The minimum absolute atomic E-state index is 0.00793. The van der Waals surface area contributed by atoms with Crippen LogP contribution in [0.1, 0.15) is 41.5 Å². The van der Waals surface area contributed by atoms with Gasteiger partial charge in [0.15, 0.2) is 28.6 Å². The van der Waals surface area contributed by atoms with Gasteiger partial charge in [-0.1, -0.05) is 41.5 Å². The molecule has 0 saturated carbocycles. The van der Waals surface area contributed by atoms with Crippen molar-refractivity contribution in [2.75, 3.05) is 18.6 Å². The van der Waals surface area contributed by atoms with Crippen molar-refractivity contribution in [3.63, 3.8) is 0 Å². The largest absolute Gasteiger partial charge is 0.414 e. The van der Waals surface area contributed by atoms with E-state index in [0.29, 0.717) is 5.75 Å². The molecular weight excluding hydrogens is 478 g/mol. The van der Waals surface area contributed by atoms with Gasteiger partial charge in [-0.2, -0.15) is 11.8 Å². The van der Waals surface area contributed by atoms with E-state index in [0.717, 1.165) is 6.21 Å². The first kappa shape index (κ1) is 29.0. The van der Waals surface area contributed by atoms with Gasteiger partial charge in [-0.05, 0) is 42.5 Å². The monoisotopic (exact) mass is 522 g/mol. The highest BCUT2D eigenvalue weighted by Crippen LogP contribution is 2.46. The third kappa shape index (κ3) is 6.30. The molecule has 0 bridgehead atoms. The Morgan fingerprint density at radius 3 is 2.15 bits per heavy atom. The maximum atomic E-state index is 16.2. The molecule has 1 fully saturated rings. The number of hydrogen-bond acceptors (Lipinski definition) is 6. The zero-order valence-electron chi connectivity index (χ0n) is 22.2. The first-order valence-electron chi connectivity index (χ1n) is 11.6.